The molecule has 0 saturated heterocycles. The molecule has 1 aromatic heterocycles. The second kappa shape index (κ2) is 8.22. The number of nitrogens with one attached hydrogen (secondary N) is 1. The Bertz CT molecular complexity index is 1060. The van der Waals surface area contributed by atoms with Crippen LogP contribution in [-0.4, -0.2) is 27.8 Å². The van der Waals surface area contributed by atoms with E-state index in [9.17, 15) is 9.59 Å². The second-order valence-electron chi connectivity index (χ2n) is 6.22. The summed E-state index contributed by atoms with van der Waals surface area (Å²) in [6.07, 6.45) is 1.46. The zero-order valence-corrected chi connectivity index (χ0v) is 16.4. The fourth-order valence-corrected chi connectivity index (χ4v) is 2.77. The van der Waals surface area contributed by atoms with Crippen LogP contribution in [0.3, 0.4) is 0 Å². The Morgan fingerprint density at radius 3 is 2.57 bits per heavy atom. The van der Waals surface area contributed by atoms with Gasteiger partial charge in [0.15, 0.2) is 0 Å². The van der Waals surface area contributed by atoms with Crippen LogP contribution in [0.25, 0.3) is 11.3 Å². The van der Waals surface area contributed by atoms with E-state index in [2.05, 4.69) is 15.4 Å². The topological polar surface area (TPSA) is 86.1 Å². The molecule has 1 N–H and O–H groups in total. The van der Waals surface area contributed by atoms with E-state index in [1.54, 1.807) is 56.5 Å². The lowest BCUT2D eigenvalue weighted by molar-refractivity contribution is -0.119. The summed E-state index contributed by atoms with van der Waals surface area (Å²) >= 11 is 5.98. The molecule has 1 atom stereocenters. The van der Waals surface area contributed by atoms with Crippen molar-refractivity contribution in [2.24, 2.45) is 0 Å². The number of aromatic nitrogens is 3. The van der Waals surface area contributed by atoms with Crippen LogP contribution in [0.5, 0.6) is 5.75 Å². The quantitative estimate of drug-likeness (QED) is 0.711. The maximum absolute atomic E-state index is 12.6. The molecule has 8 heteroatoms. The minimum absolute atomic E-state index is 0.390. The molecule has 1 amide bonds. The summed E-state index contributed by atoms with van der Waals surface area (Å²) in [5.74, 6) is 0.311. The highest BCUT2D eigenvalue weighted by atomic mass is 35.5. The third kappa shape index (κ3) is 4.20. The standard InChI is InChI=1S/C20H19ClN4O3/c1-12-4-7-15(21)10-17(12)23-19(26)13(2)25-20(27)24-18(11-22-25)14-5-8-16(28-3)9-6-14/h4-11,13H,1-3H3,(H,23,26)/t13-/m0/s1. The van der Waals surface area contributed by atoms with E-state index in [0.717, 1.165) is 15.8 Å². The van der Waals surface area contributed by atoms with Crippen molar-refractivity contribution in [3.8, 4) is 17.0 Å². The molecule has 0 fully saturated rings. The Hall–Kier alpha value is -3.19. The summed E-state index contributed by atoms with van der Waals surface area (Å²) < 4.78 is 6.16. The molecule has 0 saturated carbocycles. The lowest BCUT2D eigenvalue weighted by atomic mass is 10.1. The zero-order valence-electron chi connectivity index (χ0n) is 15.6. The van der Waals surface area contributed by atoms with Crippen molar-refractivity contribution >= 4 is 23.2 Å². The summed E-state index contributed by atoms with van der Waals surface area (Å²) in [6, 6.07) is 11.5. The van der Waals surface area contributed by atoms with E-state index in [1.165, 1.54) is 6.20 Å². The molecule has 144 valence electrons. The third-order valence-corrected chi connectivity index (χ3v) is 4.54. The average molecular weight is 399 g/mol. The third-order valence-electron chi connectivity index (χ3n) is 4.31. The fraction of sp³-hybridized carbons (Fsp3) is 0.200. The van der Waals surface area contributed by atoms with Crippen molar-refractivity contribution in [3.63, 3.8) is 0 Å². The zero-order chi connectivity index (χ0) is 20.3. The predicted octanol–water partition coefficient (Wildman–Crippen LogP) is 3.48. The number of carbonyl (C=O) groups excluding carboxylic acids is 1. The molecular weight excluding hydrogens is 380 g/mol. The molecule has 3 aromatic rings. The molecular formula is C20H19ClN4O3. The summed E-state index contributed by atoms with van der Waals surface area (Å²) in [7, 11) is 1.58. The molecule has 0 bridgehead atoms. The number of anilines is 1. The SMILES string of the molecule is COc1ccc(-c2cnn([C@@H](C)C(=O)Nc3cc(Cl)ccc3C)c(=O)n2)cc1. The van der Waals surface area contributed by atoms with Crippen LogP contribution >= 0.6 is 11.6 Å². The van der Waals surface area contributed by atoms with Crippen molar-refractivity contribution in [1.29, 1.82) is 0 Å². The van der Waals surface area contributed by atoms with Crippen LogP contribution in [0.1, 0.15) is 18.5 Å². The van der Waals surface area contributed by atoms with Crippen molar-refractivity contribution in [1.82, 2.24) is 14.8 Å². The van der Waals surface area contributed by atoms with E-state index >= 15 is 0 Å². The number of amides is 1. The molecule has 0 spiro atoms. The number of carbonyl (C=O) groups is 1. The van der Waals surface area contributed by atoms with E-state index in [0.29, 0.717) is 22.2 Å². The van der Waals surface area contributed by atoms with Crippen molar-refractivity contribution in [2.75, 3.05) is 12.4 Å². The van der Waals surface area contributed by atoms with Gasteiger partial charge in [-0.1, -0.05) is 17.7 Å². The monoisotopic (exact) mass is 398 g/mol. The first-order chi connectivity index (χ1) is 13.4. The number of benzene rings is 2. The summed E-state index contributed by atoms with van der Waals surface area (Å²) in [6.45, 7) is 3.44. The number of hydrogen-bond acceptors (Lipinski definition) is 5. The fourth-order valence-electron chi connectivity index (χ4n) is 2.59. The molecule has 0 unspecified atom stereocenters. The van der Waals surface area contributed by atoms with Gasteiger partial charge in [-0.2, -0.15) is 10.1 Å². The van der Waals surface area contributed by atoms with Gasteiger partial charge >= 0.3 is 5.69 Å². The largest absolute Gasteiger partial charge is 0.497 e. The van der Waals surface area contributed by atoms with Crippen molar-refractivity contribution in [2.45, 2.75) is 19.9 Å². The number of methoxy groups -OCH3 is 1. The van der Waals surface area contributed by atoms with Crippen molar-refractivity contribution < 1.29 is 9.53 Å². The molecule has 1 heterocycles. The summed E-state index contributed by atoms with van der Waals surface area (Å²) in [4.78, 5) is 29.0. The van der Waals surface area contributed by atoms with Gasteiger partial charge in [0.2, 0.25) is 5.91 Å². The molecule has 3 rings (SSSR count). The molecule has 7 nitrogen and oxygen atoms in total. The normalized spacial score (nSPS) is 11.7. The van der Waals surface area contributed by atoms with Crippen LogP contribution < -0.4 is 15.7 Å². The maximum atomic E-state index is 12.6. The number of nitrogens with zero attached hydrogens (tertiary/aromatic N) is 3. The first-order valence-electron chi connectivity index (χ1n) is 8.56. The van der Waals surface area contributed by atoms with E-state index in [1.807, 2.05) is 6.92 Å². The Kier molecular flexibility index (Phi) is 5.75. The number of halogens is 1. The first-order valence-corrected chi connectivity index (χ1v) is 8.94. The molecule has 2 aromatic carbocycles. The van der Waals surface area contributed by atoms with E-state index in [-0.39, 0.29) is 5.91 Å². The lowest BCUT2D eigenvalue weighted by Crippen LogP contribution is -2.35. The van der Waals surface area contributed by atoms with Gasteiger partial charge in [0.25, 0.3) is 0 Å². The Morgan fingerprint density at radius 2 is 1.93 bits per heavy atom. The minimum atomic E-state index is -0.844. The highest BCUT2D eigenvalue weighted by molar-refractivity contribution is 6.31. The Labute approximate surface area is 166 Å². The van der Waals surface area contributed by atoms with Crippen LogP contribution in [-0.2, 0) is 4.79 Å². The van der Waals surface area contributed by atoms with Gasteiger partial charge < -0.3 is 10.1 Å². The van der Waals surface area contributed by atoms with E-state index in [4.69, 9.17) is 16.3 Å². The van der Waals surface area contributed by atoms with Gasteiger partial charge in [-0.25, -0.2) is 9.48 Å². The number of aryl methyl sites for hydroxylation is 1. The minimum Gasteiger partial charge on any atom is -0.497 e. The first kappa shape index (κ1) is 19.6. The Balaban J connectivity index is 1.81. The molecule has 0 radical (unpaired) electrons. The summed E-state index contributed by atoms with van der Waals surface area (Å²) in [5.41, 5.74) is 1.98. The second-order valence-corrected chi connectivity index (χ2v) is 6.66. The molecule has 0 aliphatic carbocycles. The lowest BCUT2D eigenvalue weighted by Gasteiger charge is -2.15. The van der Waals surface area contributed by atoms with Crippen LogP contribution in [0.4, 0.5) is 5.69 Å². The Morgan fingerprint density at radius 1 is 1.21 bits per heavy atom. The van der Waals surface area contributed by atoms with Gasteiger partial charge in [0.05, 0.1) is 19.0 Å². The molecule has 0 aliphatic heterocycles. The van der Waals surface area contributed by atoms with Gasteiger partial charge in [-0.15, -0.1) is 0 Å². The van der Waals surface area contributed by atoms with E-state index < -0.39 is 11.7 Å². The van der Waals surface area contributed by atoms with Crippen LogP contribution in [0.15, 0.2) is 53.5 Å². The maximum Gasteiger partial charge on any atom is 0.365 e. The smallest absolute Gasteiger partial charge is 0.365 e. The molecule has 28 heavy (non-hydrogen) atoms. The number of rotatable bonds is 5. The highest BCUT2D eigenvalue weighted by Gasteiger charge is 2.19. The van der Waals surface area contributed by atoms with Gasteiger partial charge in [0.1, 0.15) is 11.8 Å². The summed E-state index contributed by atoms with van der Waals surface area (Å²) in [5, 5.41) is 7.40. The van der Waals surface area contributed by atoms with Gasteiger partial charge in [-0.05, 0) is 55.8 Å². The molecule has 0 aliphatic rings. The highest BCUT2D eigenvalue weighted by Crippen LogP contribution is 2.22. The van der Waals surface area contributed by atoms with Crippen LogP contribution in [0.2, 0.25) is 5.02 Å². The predicted molar refractivity (Wildman–Crippen MR) is 108 cm³/mol. The number of ether oxygens (including phenoxy) is 1. The van der Waals surface area contributed by atoms with Crippen LogP contribution in [0, 0.1) is 6.92 Å². The van der Waals surface area contributed by atoms with Gasteiger partial charge in [0, 0.05) is 16.3 Å². The number of hydrogen-bond donors (Lipinski definition) is 1. The average Bonchev–Trinajstić information content (AvgIpc) is 2.70. The van der Waals surface area contributed by atoms with Gasteiger partial charge in [-0.3, -0.25) is 4.79 Å². The van der Waals surface area contributed by atoms with Crippen molar-refractivity contribution in [3.05, 3.63) is 69.7 Å².